The lowest BCUT2D eigenvalue weighted by atomic mass is 10.3. The number of aromatic nitrogens is 1. The number of non-ortho nitro benzene ring substituents is 1. The van der Waals surface area contributed by atoms with E-state index < -0.39 is 16.8 Å². The molecule has 0 radical (unpaired) electrons. The van der Waals surface area contributed by atoms with Crippen LogP contribution in [0, 0.1) is 10.1 Å². The van der Waals surface area contributed by atoms with Gasteiger partial charge in [0.15, 0.2) is 10.6 Å². The number of rotatable bonds is 4. The van der Waals surface area contributed by atoms with Crippen LogP contribution in [0.2, 0.25) is 0 Å². The van der Waals surface area contributed by atoms with Gasteiger partial charge in [-0.3, -0.25) is 19.7 Å². The Morgan fingerprint density at radius 1 is 1.40 bits per heavy atom. The number of hydrogen-bond donors (Lipinski definition) is 0. The van der Waals surface area contributed by atoms with E-state index in [1.54, 1.807) is 6.07 Å². The van der Waals surface area contributed by atoms with Gasteiger partial charge in [-0.2, -0.15) is 4.99 Å². The highest BCUT2D eigenvalue weighted by Crippen LogP contribution is 2.23. The summed E-state index contributed by atoms with van der Waals surface area (Å²) in [6.45, 7) is -0.182. The standard InChI is InChI=1S/C15H11N3O6S/c1-23-13(19)8-17-10-5-4-9(18(21)22)7-12(10)25-15(17)16-14(20)11-3-2-6-24-11/h2-7H,8H2,1H3. The molecule has 0 aliphatic rings. The molecular formula is C15H11N3O6S. The summed E-state index contributed by atoms with van der Waals surface area (Å²) in [5.74, 6) is -1.11. The minimum Gasteiger partial charge on any atom is -0.468 e. The predicted molar refractivity (Wildman–Crippen MR) is 87.1 cm³/mol. The third kappa shape index (κ3) is 3.33. The van der Waals surface area contributed by atoms with E-state index in [1.165, 1.54) is 42.2 Å². The molecule has 0 unspecified atom stereocenters. The summed E-state index contributed by atoms with van der Waals surface area (Å²) in [5, 5.41) is 10.9. The monoisotopic (exact) mass is 361 g/mol. The molecule has 0 saturated carbocycles. The Morgan fingerprint density at radius 3 is 2.84 bits per heavy atom. The summed E-state index contributed by atoms with van der Waals surface area (Å²) >= 11 is 1.06. The van der Waals surface area contributed by atoms with E-state index in [2.05, 4.69) is 9.73 Å². The molecule has 0 aliphatic carbocycles. The van der Waals surface area contributed by atoms with Crippen LogP contribution in [0.15, 0.2) is 46.0 Å². The van der Waals surface area contributed by atoms with Crippen molar-refractivity contribution < 1.29 is 23.7 Å². The number of nitrogens with zero attached hydrogens (tertiary/aromatic N) is 3. The normalized spacial score (nSPS) is 11.6. The lowest BCUT2D eigenvalue weighted by Gasteiger charge is -2.03. The van der Waals surface area contributed by atoms with Crippen molar-refractivity contribution in [2.24, 2.45) is 4.99 Å². The first kappa shape index (κ1) is 16.6. The number of esters is 1. The third-order valence-corrected chi connectivity index (χ3v) is 4.36. The predicted octanol–water partition coefficient (Wildman–Crippen LogP) is 2.12. The van der Waals surface area contributed by atoms with Crippen LogP contribution in [-0.4, -0.2) is 28.5 Å². The van der Waals surface area contributed by atoms with Gasteiger partial charge in [0.25, 0.3) is 5.69 Å². The van der Waals surface area contributed by atoms with Crippen molar-refractivity contribution in [3.8, 4) is 0 Å². The van der Waals surface area contributed by atoms with E-state index in [4.69, 9.17) is 4.42 Å². The maximum absolute atomic E-state index is 12.1. The average Bonchev–Trinajstić information content (AvgIpc) is 3.23. The van der Waals surface area contributed by atoms with Gasteiger partial charge in [0.1, 0.15) is 6.54 Å². The number of thiazole rings is 1. The molecule has 9 nitrogen and oxygen atoms in total. The van der Waals surface area contributed by atoms with E-state index in [0.29, 0.717) is 10.2 Å². The minimum absolute atomic E-state index is 0.0491. The summed E-state index contributed by atoms with van der Waals surface area (Å²) in [7, 11) is 1.24. The lowest BCUT2D eigenvalue weighted by Crippen LogP contribution is -2.22. The number of carbonyl (C=O) groups excluding carboxylic acids is 2. The number of methoxy groups -OCH3 is 1. The van der Waals surface area contributed by atoms with Crippen LogP contribution in [0.1, 0.15) is 10.6 Å². The van der Waals surface area contributed by atoms with Gasteiger partial charge in [-0.25, -0.2) is 0 Å². The molecule has 10 heteroatoms. The quantitative estimate of drug-likeness (QED) is 0.399. The minimum atomic E-state index is -0.621. The zero-order valence-corrected chi connectivity index (χ0v) is 13.7. The van der Waals surface area contributed by atoms with Gasteiger partial charge in [0.2, 0.25) is 0 Å². The number of furan rings is 1. The van der Waals surface area contributed by atoms with Crippen molar-refractivity contribution >= 4 is 39.1 Å². The van der Waals surface area contributed by atoms with E-state index in [9.17, 15) is 19.7 Å². The van der Waals surface area contributed by atoms with Crippen molar-refractivity contribution in [2.75, 3.05) is 7.11 Å². The van der Waals surface area contributed by atoms with E-state index in [1.807, 2.05) is 0 Å². The number of nitro groups is 1. The second-order valence-electron chi connectivity index (χ2n) is 4.85. The first-order valence-corrected chi connectivity index (χ1v) is 7.78. The molecular weight excluding hydrogens is 350 g/mol. The SMILES string of the molecule is COC(=O)Cn1c(=NC(=O)c2ccco2)sc2cc([N+](=O)[O-])ccc21. The maximum Gasteiger partial charge on any atom is 0.325 e. The van der Waals surface area contributed by atoms with Crippen LogP contribution < -0.4 is 4.80 Å². The van der Waals surface area contributed by atoms with Crippen LogP contribution in [0.5, 0.6) is 0 Å². The number of fused-ring (bicyclic) bond motifs is 1. The molecule has 25 heavy (non-hydrogen) atoms. The summed E-state index contributed by atoms with van der Waals surface area (Å²) in [5.41, 5.74) is 0.440. The van der Waals surface area contributed by atoms with Crippen molar-refractivity contribution in [1.82, 2.24) is 4.57 Å². The number of benzene rings is 1. The van der Waals surface area contributed by atoms with Gasteiger partial charge < -0.3 is 13.7 Å². The zero-order valence-electron chi connectivity index (χ0n) is 12.9. The Balaban J connectivity index is 2.17. The molecule has 1 aromatic carbocycles. The Morgan fingerprint density at radius 2 is 2.20 bits per heavy atom. The average molecular weight is 361 g/mol. The topological polar surface area (TPSA) is 117 Å². The van der Waals surface area contributed by atoms with Crippen LogP contribution in [0.25, 0.3) is 10.2 Å². The molecule has 3 aromatic rings. The smallest absolute Gasteiger partial charge is 0.325 e. The lowest BCUT2D eigenvalue weighted by molar-refractivity contribution is -0.384. The third-order valence-electron chi connectivity index (χ3n) is 3.32. The van der Waals surface area contributed by atoms with Crippen molar-refractivity contribution in [3.63, 3.8) is 0 Å². The van der Waals surface area contributed by atoms with Gasteiger partial charge in [-0.15, -0.1) is 0 Å². The van der Waals surface area contributed by atoms with Gasteiger partial charge in [0.05, 0.1) is 28.5 Å². The number of nitro benzene ring substituents is 1. The maximum atomic E-state index is 12.1. The fourth-order valence-electron chi connectivity index (χ4n) is 2.15. The second-order valence-corrected chi connectivity index (χ2v) is 5.86. The van der Waals surface area contributed by atoms with Crippen molar-refractivity contribution in [3.05, 3.63) is 57.3 Å². The van der Waals surface area contributed by atoms with Crippen LogP contribution >= 0.6 is 11.3 Å². The molecule has 0 spiro atoms. The van der Waals surface area contributed by atoms with Crippen LogP contribution in [0.3, 0.4) is 0 Å². The van der Waals surface area contributed by atoms with E-state index in [0.717, 1.165) is 11.3 Å². The summed E-state index contributed by atoms with van der Waals surface area (Å²) in [6, 6.07) is 7.21. The largest absolute Gasteiger partial charge is 0.468 e. The second kappa shape index (κ2) is 6.69. The highest BCUT2D eigenvalue weighted by Gasteiger charge is 2.16. The van der Waals surface area contributed by atoms with Crippen LogP contribution in [0.4, 0.5) is 5.69 Å². The molecule has 0 saturated heterocycles. The first-order chi connectivity index (χ1) is 12.0. The van der Waals surface area contributed by atoms with Gasteiger partial charge in [-0.1, -0.05) is 11.3 Å². The zero-order chi connectivity index (χ0) is 18.0. The Bertz CT molecular complexity index is 1030. The molecule has 2 heterocycles. The number of hydrogen-bond acceptors (Lipinski definition) is 7. The van der Waals surface area contributed by atoms with Gasteiger partial charge >= 0.3 is 11.9 Å². The fourth-order valence-corrected chi connectivity index (χ4v) is 3.21. The van der Waals surface area contributed by atoms with Gasteiger partial charge in [0, 0.05) is 12.1 Å². The molecule has 0 atom stereocenters. The van der Waals surface area contributed by atoms with Crippen molar-refractivity contribution in [1.29, 1.82) is 0 Å². The molecule has 0 aliphatic heterocycles. The molecule has 2 aromatic heterocycles. The first-order valence-electron chi connectivity index (χ1n) is 6.97. The molecule has 3 rings (SSSR count). The molecule has 1 amide bonds. The van der Waals surface area contributed by atoms with Crippen LogP contribution in [-0.2, 0) is 16.1 Å². The Hall–Kier alpha value is -3.27. The Kier molecular flexibility index (Phi) is 4.44. The number of ether oxygens (including phenoxy) is 1. The summed E-state index contributed by atoms with van der Waals surface area (Å²) in [4.78, 5) is 38.4. The number of amides is 1. The van der Waals surface area contributed by atoms with E-state index >= 15 is 0 Å². The summed E-state index contributed by atoms with van der Waals surface area (Å²) in [6.07, 6.45) is 1.35. The van der Waals surface area contributed by atoms with Gasteiger partial charge in [-0.05, 0) is 18.2 Å². The van der Waals surface area contributed by atoms with Crippen molar-refractivity contribution in [2.45, 2.75) is 6.54 Å². The number of carbonyl (C=O) groups is 2. The van der Waals surface area contributed by atoms with E-state index in [-0.39, 0.29) is 22.8 Å². The fraction of sp³-hybridized carbons (Fsp3) is 0.133. The molecule has 0 fully saturated rings. The highest BCUT2D eigenvalue weighted by atomic mass is 32.1. The Labute approximate surface area is 143 Å². The molecule has 0 N–H and O–H groups in total. The summed E-state index contributed by atoms with van der Waals surface area (Å²) < 4.78 is 11.6. The molecule has 0 bridgehead atoms. The highest BCUT2D eigenvalue weighted by molar-refractivity contribution is 7.16. The molecule has 128 valence electrons.